The Morgan fingerprint density at radius 2 is 0.500 bits per heavy atom. The molecule has 0 aromatic heterocycles. The Morgan fingerprint density at radius 1 is 0.361 bits per heavy atom. The average Bonchev–Trinajstić information content (AvgIpc) is 2.54. The van der Waals surface area contributed by atoms with Crippen molar-refractivity contribution in [2.75, 3.05) is 0 Å². The van der Waals surface area contributed by atoms with Crippen molar-refractivity contribution in [1.29, 1.82) is 0 Å². The molecule has 0 bridgehead atoms. The summed E-state index contributed by atoms with van der Waals surface area (Å²) in [5, 5.41) is 0. The second kappa shape index (κ2) is 17.2. The molecular formula is C26H50Al2N4Si4-6. The highest BCUT2D eigenvalue weighted by atomic mass is 28.3. The van der Waals surface area contributed by atoms with E-state index in [1.807, 2.05) is 24.3 Å². The Bertz CT molecular complexity index is 715. The van der Waals surface area contributed by atoms with Gasteiger partial charge in [0, 0.05) is 34.7 Å². The smallest absolute Gasteiger partial charge is 0 e. The molecule has 10 heteroatoms. The average molecular weight is 585 g/mol. The number of hydrogen-bond donors (Lipinski definition) is 0. The molecule has 2 rings (SSSR count). The van der Waals surface area contributed by atoms with E-state index in [0.29, 0.717) is 0 Å². The number of nitrogens with zero attached hydrogens (tertiary/aromatic N) is 4. The van der Waals surface area contributed by atoms with Crippen molar-refractivity contribution in [3.05, 3.63) is 83.3 Å². The van der Waals surface area contributed by atoms with Crippen LogP contribution in [0.15, 0.2) is 48.5 Å². The van der Waals surface area contributed by atoms with Crippen LogP contribution < -0.4 is 0 Å². The van der Waals surface area contributed by atoms with E-state index >= 15 is 0 Å². The molecule has 0 amide bonds. The standard InChI is InChI=1S/2C12H22N2Si2.2CH3.2Al/c2*1-15(2,3)13-11-9-7-8-10-12(11)14-16(4,5)6;;;;/h2*7-10H,1-6H3;2*1H3;;/q2*-2;2*-1;;. The third kappa shape index (κ3) is 20.6. The van der Waals surface area contributed by atoms with Crippen molar-refractivity contribution in [2.24, 2.45) is 0 Å². The fraction of sp³-hybridized carbons (Fsp3) is 0.462. The Kier molecular flexibility index (Phi) is 20.4. The van der Waals surface area contributed by atoms with Gasteiger partial charge in [-0.15, -0.1) is 0 Å². The highest BCUT2D eigenvalue weighted by Gasteiger charge is 2.03. The zero-order chi connectivity index (χ0) is 24.8. The number of benzene rings is 2. The first-order chi connectivity index (χ1) is 14.3. The van der Waals surface area contributed by atoms with Gasteiger partial charge in [-0.25, -0.2) is 0 Å². The molecule has 202 valence electrons. The molecule has 0 aliphatic heterocycles. The summed E-state index contributed by atoms with van der Waals surface area (Å²) in [6, 6.07) is 16.5. The molecule has 6 radical (unpaired) electrons. The molecule has 0 spiro atoms. The Hall–Kier alpha value is -0.428. The van der Waals surface area contributed by atoms with Gasteiger partial charge in [-0.2, -0.15) is 22.7 Å². The van der Waals surface area contributed by atoms with E-state index in [1.165, 1.54) is 0 Å². The van der Waals surface area contributed by atoms with E-state index in [-0.39, 0.29) is 49.6 Å². The minimum atomic E-state index is -1.42. The zero-order valence-electron chi connectivity index (χ0n) is 25.6. The highest BCUT2D eigenvalue weighted by Crippen LogP contribution is 2.41. The van der Waals surface area contributed by atoms with Crippen molar-refractivity contribution in [1.82, 2.24) is 0 Å². The van der Waals surface area contributed by atoms with Crippen LogP contribution in [0.25, 0.3) is 19.9 Å². The lowest BCUT2D eigenvalue weighted by molar-refractivity contribution is 1.61. The molecule has 0 aliphatic carbocycles. The minimum Gasteiger partial charge on any atom is -0.688 e. The van der Waals surface area contributed by atoms with Crippen molar-refractivity contribution < 1.29 is 0 Å². The van der Waals surface area contributed by atoms with Crippen LogP contribution in [-0.4, -0.2) is 67.7 Å². The Balaban J connectivity index is -0.000000256. The summed E-state index contributed by atoms with van der Waals surface area (Å²) in [4.78, 5) is 19.4. The SMILES string of the molecule is C[Si](C)(C)[N-]c1ccccc1[N-][Si](C)(C)C.C[Si](C)(C)[N-]c1ccccc1[N-][Si](C)(C)C.[Al].[Al].[CH3-].[CH3-]. The Morgan fingerprint density at radius 3 is 0.611 bits per heavy atom. The summed E-state index contributed by atoms with van der Waals surface area (Å²) in [5.74, 6) is 0. The lowest BCUT2D eigenvalue weighted by Gasteiger charge is -2.45. The van der Waals surface area contributed by atoms with Gasteiger partial charge in [0.1, 0.15) is 0 Å². The zero-order valence-corrected chi connectivity index (χ0v) is 31.9. The monoisotopic (exact) mass is 584 g/mol. The molecule has 4 nitrogen and oxygen atoms in total. The van der Waals surface area contributed by atoms with Crippen LogP contribution in [0.5, 0.6) is 0 Å². The van der Waals surface area contributed by atoms with E-state index in [4.69, 9.17) is 19.9 Å². The lowest BCUT2D eigenvalue weighted by Crippen LogP contribution is -2.18. The summed E-state index contributed by atoms with van der Waals surface area (Å²) in [6.45, 7) is 27.0. The molecule has 0 saturated carbocycles. The second-order valence-electron chi connectivity index (χ2n) is 12.1. The second-order valence-corrected chi connectivity index (χ2v) is 30.4. The van der Waals surface area contributed by atoms with Gasteiger partial charge >= 0.3 is 0 Å². The highest BCUT2D eigenvalue weighted by molar-refractivity contribution is 6.84. The third-order valence-corrected chi connectivity index (χ3v) is 7.23. The van der Waals surface area contributed by atoms with Gasteiger partial charge in [-0.1, -0.05) is 127 Å². The quantitative estimate of drug-likeness (QED) is 0.219. The fourth-order valence-electron chi connectivity index (χ4n) is 2.75. The maximum atomic E-state index is 4.84. The van der Waals surface area contributed by atoms with Gasteiger partial charge in [0.15, 0.2) is 0 Å². The lowest BCUT2D eigenvalue weighted by atomic mass is 10.3. The molecule has 0 aliphatic rings. The Labute approximate surface area is 250 Å². The molecule has 2 aromatic carbocycles. The molecule has 0 atom stereocenters. The van der Waals surface area contributed by atoms with Crippen molar-refractivity contribution in [3.63, 3.8) is 0 Å². The molecule has 0 fully saturated rings. The van der Waals surface area contributed by atoms with Crippen LogP contribution in [0.1, 0.15) is 0 Å². The first-order valence-electron chi connectivity index (χ1n) is 11.4. The van der Waals surface area contributed by atoms with Crippen molar-refractivity contribution in [2.45, 2.75) is 78.6 Å². The summed E-state index contributed by atoms with van der Waals surface area (Å²) in [7, 11) is -5.70. The molecule has 0 heterocycles. The van der Waals surface area contributed by atoms with Gasteiger partial charge < -0.3 is 34.8 Å². The predicted molar refractivity (Wildman–Crippen MR) is 183 cm³/mol. The van der Waals surface area contributed by atoms with E-state index in [2.05, 4.69) is 103 Å². The summed E-state index contributed by atoms with van der Waals surface area (Å²) in [6.07, 6.45) is 0. The van der Waals surface area contributed by atoms with Gasteiger partial charge in [-0.05, 0) is 32.9 Å². The van der Waals surface area contributed by atoms with Crippen LogP contribution in [0.4, 0.5) is 22.7 Å². The summed E-state index contributed by atoms with van der Waals surface area (Å²) < 4.78 is 0. The third-order valence-electron chi connectivity index (χ3n) is 3.59. The summed E-state index contributed by atoms with van der Waals surface area (Å²) in [5.41, 5.74) is 4.29. The molecule has 0 unspecified atom stereocenters. The van der Waals surface area contributed by atoms with Crippen LogP contribution in [0.3, 0.4) is 0 Å². The molecule has 2 aromatic rings. The molecule has 0 N–H and O–H groups in total. The van der Waals surface area contributed by atoms with E-state index in [0.717, 1.165) is 22.7 Å². The molecule has 36 heavy (non-hydrogen) atoms. The van der Waals surface area contributed by atoms with E-state index in [1.54, 1.807) is 0 Å². The van der Waals surface area contributed by atoms with Crippen molar-refractivity contribution >= 4 is 90.4 Å². The van der Waals surface area contributed by atoms with Gasteiger partial charge in [-0.3, -0.25) is 0 Å². The number of hydrogen-bond acceptors (Lipinski definition) is 0. The fourth-order valence-corrected chi connectivity index (χ4v) is 6.40. The van der Waals surface area contributed by atoms with Crippen LogP contribution in [0.2, 0.25) is 78.6 Å². The van der Waals surface area contributed by atoms with Crippen LogP contribution >= 0.6 is 0 Å². The largest absolute Gasteiger partial charge is 0.688 e. The van der Waals surface area contributed by atoms with Gasteiger partial charge in [0.2, 0.25) is 0 Å². The topological polar surface area (TPSA) is 56.4 Å². The van der Waals surface area contributed by atoms with Crippen LogP contribution in [0, 0.1) is 14.9 Å². The maximum absolute atomic E-state index is 4.84. The number of rotatable bonds is 8. The van der Waals surface area contributed by atoms with E-state index < -0.39 is 32.9 Å². The normalized spacial score (nSPS) is 11.0. The van der Waals surface area contributed by atoms with Gasteiger partial charge in [0.05, 0.1) is 0 Å². The molecular weight excluding hydrogens is 535 g/mol. The van der Waals surface area contributed by atoms with Crippen molar-refractivity contribution in [3.8, 4) is 0 Å². The van der Waals surface area contributed by atoms with Gasteiger partial charge in [0.25, 0.3) is 0 Å². The first kappa shape index (κ1) is 42.7. The van der Waals surface area contributed by atoms with Crippen LogP contribution in [-0.2, 0) is 0 Å². The molecule has 0 saturated heterocycles. The maximum Gasteiger partial charge on any atom is 0 e. The first-order valence-corrected chi connectivity index (χ1v) is 25.2. The van der Waals surface area contributed by atoms with E-state index in [9.17, 15) is 0 Å². The summed E-state index contributed by atoms with van der Waals surface area (Å²) >= 11 is 0. The predicted octanol–water partition coefficient (Wildman–Crippen LogP) is 10.9. The minimum absolute atomic E-state index is 0.